The molecule has 0 radical (unpaired) electrons. The van der Waals surface area contributed by atoms with Crippen molar-refractivity contribution >= 4 is 22.0 Å². The van der Waals surface area contributed by atoms with Gasteiger partial charge in [0.05, 0.1) is 4.90 Å². The first kappa shape index (κ1) is 17.9. The standard InChI is InChI=1S/C18H20N2O3S/c1-14-3-5-16(6-4-14)13-20-18(21)12-9-15-7-10-17(11-8-15)24(22,23)19-2/h3-12,19H,13H2,1-2H3,(H,20,21)/b12-9+. The van der Waals surface area contributed by atoms with Gasteiger partial charge in [0.25, 0.3) is 0 Å². The van der Waals surface area contributed by atoms with Gasteiger partial charge >= 0.3 is 0 Å². The summed E-state index contributed by atoms with van der Waals surface area (Å²) in [5.74, 6) is -0.206. The third-order valence-electron chi connectivity index (χ3n) is 3.47. The number of carbonyl (C=O) groups is 1. The maximum absolute atomic E-state index is 11.8. The van der Waals surface area contributed by atoms with Crippen LogP contribution in [-0.2, 0) is 21.4 Å². The predicted octanol–water partition coefficient (Wildman–Crippen LogP) is 2.23. The number of rotatable bonds is 6. The number of nitrogens with one attached hydrogen (secondary N) is 2. The van der Waals surface area contributed by atoms with Gasteiger partial charge in [0, 0.05) is 12.6 Å². The van der Waals surface area contributed by atoms with Crippen molar-refractivity contribution in [2.45, 2.75) is 18.4 Å². The molecule has 0 spiro atoms. The van der Waals surface area contributed by atoms with Crippen LogP contribution in [0.15, 0.2) is 59.5 Å². The van der Waals surface area contributed by atoms with E-state index in [2.05, 4.69) is 10.0 Å². The molecular weight excluding hydrogens is 324 g/mol. The summed E-state index contributed by atoms with van der Waals surface area (Å²) in [6.07, 6.45) is 3.07. The Morgan fingerprint density at radius 1 is 1.04 bits per heavy atom. The van der Waals surface area contributed by atoms with Crippen molar-refractivity contribution in [3.8, 4) is 0 Å². The van der Waals surface area contributed by atoms with Gasteiger partial charge in [0.2, 0.25) is 15.9 Å². The molecule has 2 rings (SSSR count). The lowest BCUT2D eigenvalue weighted by atomic mass is 10.1. The molecule has 5 nitrogen and oxygen atoms in total. The van der Waals surface area contributed by atoms with Crippen molar-refractivity contribution in [1.82, 2.24) is 10.0 Å². The van der Waals surface area contributed by atoms with Crippen molar-refractivity contribution in [3.05, 3.63) is 71.3 Å². The number of carbonyl (C=O) groups excluding carboxylic acids is 1. The maximum Gasteiger partial charge on any atom is 0.244 e. The first-order valence-corrected chi connectivity index (χ1v) is 8.94. The van der Waals surface area contributed by atoms with Crippen LogP contribution in [0, 0.1) is 6.92 Å². The fraction of sp³-hybridized carbons (Fsp3) is 0.167. The zero-order chi connectivity index (χ0) is 17.6. The molecule has 0 aliphatic heterocycles. The largest absolute Gasteiger partial charge is 0.348 e. The van der Waals surface area contributed by atoms with Crippen LogP contribution in [0.4, 0.5) is 0 Å². The Bertz CT molecular complexity index is 824. The van der Waals surface area contributed by atoms with Gasteiger partial charge in [0.15, 0.2) is 0 Å². The van der Waals surface area contributed by atoms with Gasteiger partial charge < -0.3 is 5.32 Å². The Labute approximate surface area is 142 Å². The lowest BCUT2D eigenvalue weighted by Crippen LogP contribution is -2.20. The summed E-state index contributed by atoms with van der Waals surface area (Å²) in [6, 6.07) is 14.2. The van der Waals surface area contributed by atoms with E-state index >= 15 is 0 Å². The first-order valence-electron chi connectivity index (χ1n) is 7.46. The zero-order valence-corrected chi connectivity index (χ0v) is 14.4. The van der Waals surface area contributed by atoms with E-state index in [1.54, 1.807) is 18.2 Å². The molecule has 6 heteroatoms. The van der Waals surface area contributed by atoms with E-state index in [1.165, 1.54) is 30.8 Å². The molecule has 2 N–H and O–H groups in total. The minimum absolute atomic E-state index is 0.186. The Morgan fingerprint density at radius 2 is 1.67 bits per heavy atom. The Morgan fingerprint density at radius 3 is 2.25 bits per heavy atom. The van der Waals surface area contributed by atoms with Crippen molar-refractivity contribution in [1.29, 1.82) is 0 Å². The van der Waals surface area contributed by atoms with E-state index in [9.17, 15) is 13.2 Å². The molecule has 0 bridgehead atoms. The van der Waals surface area contributed by atoms with Crippen molar-refractivity contribution in [3.63, 3.8) is 0 Å². The predicted molar refractivity (Wildman–Crippen MR) is 94.7 cm³/mol. The van der Waals surface area contributed by atoms with Crippen LogP contribution in [0.25, 0.3) is 6.08 Å². The molecule has 126 valence electrons. The van der Waals surface area contributed by atoms with E-state index in [-0.39, 0.29) is 10.8 Å². The Hall–Kier alpha value is -2.44. The monoisotopic (exact) mass is 344 g/mol. The Balaban J connectivity index is 1.92. The lowest BCUT2D eigenvalue weighted by molar-refractivity contribution is -0.116. The summed E-state index contributed by atoms with van der Waals surface area (Å²) >= 11 is 0. The molecule has 0 atom stereocenters. The summed E-state index contributed by atoms with van der Waals surface area (Å²) in [6.45, 7) is 2.47. The minimum Gasteiger partial charge on any atom is -0.348 e. The van der Waals surface area contributed by atoms with E-state index in [0.29, 0.717) is 6.54 Å². The van der Waals surface area contributed by atoms with Crippen LogP contribution in [0.5, 0.6) is 0 Å². The average Bonchev–Trinajstić information content (AvgIpc) is 2.60. The van der Waals surface area contributed by atoms with Crippen molar-refractivity contribution < 1.29 is 13.2 Å². The SMILES string of the molecule is CNS(=O)(=O)c1ccc(/C=C/C(=O)NCc2ccc(C)cc2)cc1. The van der Waals surface area contributed by atoms with Crippen LogP contribution in [0.3, 0.4) is 0 Å². The number of aryl methyl sites for hydroxylation is 1. The molecule has 0 aliphatic rings. The maximum atomic E-state index is 11.8. The smallest absolute Gasteiger partial charge is 0.244 e. The van der Waals surface area contributed by atoms with E-state index < -0.39 is 10.0 Å². The third-order valence-corrected chi connectivity index (χ3v) is 4.90. The molecule has 0 unspecified atom stereocenters. The summed E-state index contributed by atoms with van der Waals surface area (Å²) in [5, 5.41) is 2.80. The normalized spacial score (nSPS) is 11.6. The summed E-state index contributed by atoms with van der Waals surface area (Å²) in [7, 11) is -2.08. The molecule has 0 aromatic heterocycles. The van der Waals surface area contributed by atoms with Gasteiger partial charge in [0.1, 0.15) is 0 Å². The highest BCUT2D eigenvalue weighted by Gasteiger charge is 2.09. The average molecular weight is 344 g/mol. The number of hydrogen-bond donors (Lipinski definition) is 2. The second-order valence-electron chi connectivity index (χ2n) is 5.31. The van der Waals surface area contributed by atoms with E-state index in [4.69, 9.17) is 0 Å². The van der Waals surface area contributed by atoms with Gasteiger partial charge in [-0.2, -0.15) is 0 Å². The highest BCUT2D eigenvalue weighted by Crippen LogP contribution is 2.11. The quantitative estimate of drug-likeness (QED) is 0.789. The lowest BCUT2D eigenvalue weighted by Gasteiger charge is -2.03. The Kier molecular flexibility index (Phi) is 5.89. The number of amides is 1. The highest BCUT2D eigenvalue weighted by atomic mass is 32.2. The van der Waals surface area contributed by atoms with Gasteiger partial charge in [-0.05, 0) is 43.3 Å². The molecular formula is C18H20N2O3S. The first-order chi connectivity index (χ1) is 11.4. The van der Waals surface area contributed by atoms with Crippen molar-refractivity contribution in [2.75, 3.05) is 7.05 Å². The second kappa shape index (κ2) is 7.90. The number of sulfonamides is 1. The second-order valence-corrected chi connectivity index (χ2v) is 7.20. The van der Waals surface area contributed by atoms with Crippen LogP contribution < -0.4 is 10.0 Å². The molecule has 2 aromatic rings. The van der Waals surface area contributed by atoms with Crippen molar-refractivity contribution in [2.24, 2.45) is 0 Å². The fourth-order valence-electron chi connectivity index (χ4n) is 2.00. The third kappa shape index (κ3) is 5.04. The molecule has 24 heavy (non-hydrogen) atoms. The minimum atomic E-state index is -3.44. The summed E-state index contributed by atoms with van der Waals surface area (Å²) in [5.41, 5.74) is 2.95. The number of benzene rings is 2. The van der Waals surface area contributed by atoms with Gasteiger partial charge in [-0.15, -0.1) is 0 Å². The van der Waals surface area contributed by atoms with E-state index in [0.717, 1.165) is 11.1 Å². The molecule has 0 fully saturated rings. The van der Waals surface area contributed by atoms with Crippen LogP contribution in [0.1, 0.15) is 16.7 Å². The molecule has 0 saturated carbocycles. The molecule has 0 aliphatic carbocycles. The topological polar surface area (TPSA) is 75.3 Å². The van der Waals surface area contributed by atoms with E-state index in [1.807, 2.05) is 31.2 Å². The molecule has 0 heterocycles. The number of hydrogen-bond acceptors (Lipinski definition) is 3. The molecule has 0 saturated heterocycles. The molecule has 2 aromatic carbocycles. The van der Waals surface area contributed by atoms with Crippen LogP contribution in [0.2, 0.25) is 0 Å². The van der Waals surface area contributed by atoms with Crippen LogP contribution >= 0.6 is 0 Å². The van der Waals surface area contributed by atoms with Gasteiger partial charge in [-0.25, -0.2) is 13.1 Å². The van der Waals surface area contributed by atoms with Gasteiger partial charge in [-0.3, -0.25) is 4.79 Å². The summed E-state index contributed by atoms with van der Waals surface area (Å²) < 4.78 is 25.5. The zero-order valence-electron chi connectivity index (χ0n) is 13.6. The highest BCUT2D eigenvalue weighted by molar-refractivity contribution is 7.89. The van der Waals surface area contributed by atoms with Crippen LogP contribution in [-0.4, -0.2) is 21.4 Å². The summed E-state index contributed by atoms with van der Waals surface area (Å²) in [4.78, 5) is 12.0. The fourth-order valence-corrected chi connectivity index (χ4v) is 2.73. The molecule has 1 amide bonds. The van der Waals surface area contributed by atoms with Gasteiger partial charge in [-0.1, -0.05) is 42.0 Å².